The van der Waals surface area contributed by atoms with E-state index in [2.05, 4.69) is 5.32 Å². The highest BCUT2D eigenvalue weighted by atomic mass is 16.7. The van der Waals surface area contributed by atoms with Gasteiger partial charge in [-0.25, -0.2) is 4.79 Å². The van der Waals surface area contributed by atoms with Crippen LogP contribution in [0.4, 0.5) is 5.69 Å². The van der Waals surface area contributed by atoms with Crippen molar-refractivity contribution in [3.8, 4) is 0 Å². The molecular formula is C61H101N5O17. The lowest BCUT2D eigenvalue weighted by Gasteiger charge is -2.49. The number of pyridine rings is 1. The predicted octanol–water partition coefficient (Wildman–Crippen LogP) is 4.73. The van der Waals surface area contributed by atoms with Crippen molar-refractivity contribution in [2.45, 2.75) is 217 Å². The molecule has 3 saturated heterocycles. The number of aliphatic hydroxyl groups is 4. The fraction of sp³-hybridized carbons (Fsp3) is 0.803. The summed E-state index contributed by atoms with van der Waals surface area (Å²) in [6.07, 6.45) is -5.08. The van der Waals surface area contributed by atoms with Gasteiger partial charge in [0, 0.05) is 74.5 Å². The molecule has 1 aromatic heterocycles. The molecule has 0 bridgehead atoms. The average molecular weight is 1180 g/mol. The van der Waals surface area contributed by atoms with Crippen molar-refractivity contribution >= 4 is 34.5 Å². The van der Waals surface area contributed by atoms with E-state index in [1.165, 1.54) is 14.0 Å². The second-order valence-electron chi connectivity index (χ2n) is 25.5. The van der Waals surface area contributed by atoms with E-state index in [-0.39, 0.29) is 80.6 Å². The van der Waals surface area contributed by atoms with Gasteiger partial charge in [0.15, 0.2) is 18.7 Å². The van der Waals surface area contributed by atoms with Crippen LogP contribution in [0.2, 0.25) is 0 Å². The van der Waals surface area contributed by atoms with Crippen LogP contribution in [-0.4, -0.2) is 230 Å². The van der Waals surface area contributed by atoms with Gasteiger partial charge in [-0.2, -0.15) is 0 Å². The molecule has 1 saturated carbocycles. The van der Waals surface area contributed by atoms with Gasteiger partial charge in [0.1, 0.15) is 35.1 Å². The number of hydrogen-bond donors (Lipinski definition) is 5. The zero-order valence-electron chi connectivity index (χ0n) is 52.3. The Morgan fingerprint density at radius 3 is 2.25 bits per heavy atom. The Morgan fingerprint density at radius 2 is 1.61 bits per heavy atom. The van der Waals surface area contributed by atoms with E-state index in [0.29, 0.717) is 37.0 Å². The number of anilines is 1. The molecule has 83 heavy (non-hydrogen) atoms. The van der Waals surface area contributed by atoms with Crippen LogP contribution < -0.4 is 10.7 Å². The molecule has 22 heteroatoms. The summed E-state index contributed by atoms with van der Waals surface area (Å²) in [7, 11) is 11.0. The highest BCUT2D eigenvalue weighted by molar-refractivity contribution is 5.94. The molecule has 5 N–H and O–H groups in total. The minimum Gasteiger partial charge on any atom is -0.462 e. The minimum atomic E-state index is -1.87. The van der Waals surface area contributed by atoms with Crippen LogP contribution in [0.1, 0.15) is 137 Å². The number of carbonyl (C=O) groups is 3. The summed E-state index contributed by atoms with van der Waals surface area (Å²) in [6, 6.07) is 4.79. The van der Waals surface area contributed by atoms with Crippen molar-refractivity contribution in [2.75, 3.05) is 87.1 Å². The molecule has 4 fully saturated rings. The highest BCUT2D eigenvalue weighted by Gasteiger charge is 2.54. The van der Waals surface area contributed by atoms with E-state index in [4.69, 9.17) is 42.6 Å². The first kappa shape index (κ1) is 68.2. The van der Waals surface area contributed by atoms with E-state index in [0.717, 1.165) is 24.9 Å². The first-order valence-corrected chi connectivity index (χ1v) is 30.0. The number of cyclic esters (lactones) is 1. The maximum Gasteiger partial charge on any atom is 0.343 e. The number of esters is 3. The zero-order valence-corrected chi connectivity index (χ0v) is 52.3. The molecule has 4 aliphatic rings. The number of nitrogens with zero attached hydrogens (tertiary/aromatic N) is 4. The molecule has 6 rings (SSSR count). The first-order valence-electron chi connectivity index (χ1n) is 30.0. The molecule has 0 amide bonds. The smallest absolute Gasteiger partial charge is 0.343 e. The third-order valence-electron chi connectivity index (χ3n) is 17.6. The predicted molar refractivity (Wildman–Crippen MR) is 312 cm³/mol. The van der Waals surface area contributed by atoms with Gasteiger partial charge in [-0.1, -0.05) is 20.8 Å². The Bertz CT molecular complexity index is 2510. The van der Waals surface area contributed by atoms with Crippen molar-refractivity contribution in [1.29, 1.82) is 0 Å². The summed E-state index contributed by atoms with van der Waals surface area (Å²) in [5, 5.41) is 51.9. The SMILES string of the molecule is CC[C@H]1OC(=O)[C@H](C)[C@@H](O[C@H]2C[C@@](C)(OC)[C@@H](OC(=O)CCOCCNc3ccc4c(c3)c(=O)c(C(=O)OCCCN(C)C)cn4C3CC3)[C@H](C)O2)[C@H](C)[C@@H](O[C@@H]2O[C@H](C)C[C@H](N(C)C)[C@@H]2O)[C@](C)(O)C[C@@H](C)CN(C)[C@H](C)[C@@H](O)[C@]1(C)O. The number of nitrogens with one attached hydrogen (secondary N) is 1. The molecule has 22 nitrogen and oxygen atoms in total. The number of methoxy groups -OCH3 is 1. The maximum atomic E-state index is 14.6. The molecule has 0 spiro atoms. The Morgan fingerprint density at radius 1 is 0.916 bits per heavy atom. The van der Waals surface area contributed by atoms with Crippen molar-refractivity contribution in [3.63, 3.8) is 0 Å². The largest absolute Gasteiger partial charge is 0.462 e. The third kappa shape index (κ3) is 17.0. The first-order chi connectivity index (χ1) is 38.9. The summed E-state index contributed by atoms with van der Waals surface area (Å²) >= 11 is 0. The van der Waals surface area contributed by atoms with Crippen molar-refractivity contribution in [2.24, 2.45) is 17.8 Å². The molecule has 472 valence electrons. The molecule has 4 heterocycles. The lowest BCUT2D eigenvalue weighted by Crippen LogP contribution is -2.61. The van der Waals surface area contributed by atoms with Gasteiger partial charge < -0.3 is 87.6 Å². The molecule has 1 aromatic carbocycles. The Hall–Kier alpha value is -3.88. The van der Waals surface area contributed by atoms with Gasteiger partial charge in [0.2, 0.25) is 5.43 Å². The number of aliphatic hydroxyl groups excluding tert-OH is 2. The molecule has 18 atom stereocenters. The van der Waals surface area contributed by atoms with Gasteiger partial charge in [0.25, 0.3) is 0 Å². The number of aromatic nitrogens is 1. The minimum absolute atomic E-state index is 0.00986. The highest BCUT2D eigenvalue weighted by Crippen LogP contribution is 2.42. The van der Waals surface area contributed by atoms with Crippen LogP contribution in [0.25, 0.3) is 10.9 Å². The van der Waals surface area contributed by atoms with Crippen LogP contribution in [0.15, 0.2) is 29.2 Å². The lowest BCUT2D eigenvalue weighted by molar-refractivity contribution is -0.318. The number of hydrogen-bond acceptors (Lipinski definition) is 21. The normalized spacial score (nSPS) is 36.3. The van der Waals surface area contributed by atoms with Crippen LogP contribution in [0.3, 0.4) is 0 Å². The summed E-state index contributed by atoms with van der Waals surface area (Å²) in [4.78, 5) is 60.8. The fourth-order valence-corrected chi connectivity index (χ4v) is 12.6. The number of rotatable bonds is 21. The number of fused-ring (bicyclic) bond motifs is 1. The zero-order chi connectivity index (χ0) is 61.5. The van der Waals surface area contributed by atoms with E-state index in [9.17, 15) is 39.6 Å². The van der Waals surface area contributed by atoms with E-state index >= 15 is 0 Å². The van der Waals surface area contributed by atoms with Crippen molar-refractivity contribution in [1.82, 2.24) is 19.3 Å². The summed E-state index contributed by atoms with van der Waals surface area (Å²) in [5.74, 6) is -4.08. The standard InChI is InChI=1S/C61H101N5O17/c1-17-47-61(10,74)53(70)39(6)65(15)33-35(2)31-59(8,73)54(83-58-51(69)46(64(13)14)29-36(3)78-58)37(4)52(38(5)56(71)80-47)82-49-32-60(9,75-16)55(40(7)79-49)81-48(67)23-27-76-28-24-62-41-19-22-45-43(30-41)50(68)44(34-66(45)42-20-21-42)57(72)77-26-18-25-63(11)12/h19,22,30,34-40,42,46-47,49,51-55,58,62,69-70,73-74H,17-18,20-21,23-29,31-33H2,1-16H3/t35-,36-,37+,38-,39-,40+,46+,47-,49+,51+,52+,53-,54-,55+,58+,59-,60-,61-/m1/s1. The molecule has 3 aliphatic heterocycles. The quantitative estimate of drug-likeness (QED) is 0.0643. The summed E-state index contributed by atoms with van der Waals surface area (Å²) in [5.41, 5.74) is -3.66. The van der Waals surface area contributed by atoms with Crippen LogP contribution in [0, 0.1) is 17.8 Å². The maximum absolute atomic E-state index is 14.6. The molecule has 0 radical (unpaired) electrons. The van der Waals surface area contributed by atoms with Crippen LogP contribution in [0.5, 0.6) is 0 Å². The average Bonchev–Trinajstić information content (AvgIpc) is 4.48. The third-order valence-corrected chi connectivity index (χ3v) is 17.6. The topological polar surface area (TPSA) is 259 Å². The number of ether oxygens (including phenoxy) is 9. The van der Waals surface area contributed by atoms with Crippen LogP contribution >= 0.6 is 0 Å². The Balaban J connectivity index is 1.14. The Kier molecular flexibility index (Phi) is 24.0. The number of likely N-dealkylation sites (N-methyl/N-ethyl adjacent to an activating group) is 2. The molecule has 0 unspecified atom stereocenters. The monoisotopic (exact) mass is 1180 g/mol. The van der Waals surface area contributed by atoms with Crippen molar-refractivity contribution in [3.05, 3.63) is 40.2 Å². The lowest BCUT2D eigenvalue weighted by atomic mass is 9.77. The van der Waals surface area contributed by atoms with Crippen LogP contribution in [-0.2, 0) is 52.2 Å². The fourth-order valence-electron chi connectivity index (χ4n) is 12.6. The van der Waals surface area contributed by atoms with Gasteiger partial charge in [0.05, 0.1) is 67.7 Å². The second kappa shape index (κ2) is 29.2. The number of benzene rings is 1. The molecule has 1 aliphatic carbocycles. The van der Waals surface area contributed by atoms with Crippen molar-refractivity contribution < 1.29 is 77.4 Å². The number of carbonyl (C=O) groups excluding carboxylic acids is 3. The Labute approximate surface area is 491 Å². The van der Waals surface area contributed by atoms with E-state index < -0.39 is 108 Å². The summed E-state index contributed by atoms with van der Waals surface area (Å²) in [6.45, 7) is 19.5. The summed E-state index contributed by atoms with van der Waals surface area (Å²) < 4.78 is 58.3. The van der Waals surface area contributed by atoms with Gasteiger partial charge in [-0.15, -0.1) is 0 Å². The van der Waals surface area contributed by atoms with E-state index in [1.807, 2.05) is 80.5 Å². The molecule has 2 aromatic rings. The molecular weight excluding hydrogens is 1070 g/mol. The van der Waals surface area contributed by atoms with E-state index in [1.54, 1.807) is 60.7 Å². The second-order valence-corrected chi connectivity index (χ2v) is 25.5. The van der Waals surface area contributed by atoms with Gasteiger partial charge in [-0.3, -0.25) is 14.4 Å². The van der Waals surface area contributed by atoms with Gasteiger partial charge in [-0.05, 0) is 146 Å². The van der Waals surface area contributed by atoms with Gasteiger partial charge >= 0.3 is 17.9 Å².